The first-order valence-electron chi connectivity index (χ1n) is 20.5. The fourth-order valence-corrected chi connectivity index (χ4v) is 9.54. The topological polar surface area (TPSA) is 51.8 Å². The highest BCUT2D eigenvalue weighted by Crippen LogP contribution is 2.49. The van der Waals surface area contributed by atoms with Crippen LogP contribution in [-0.2, 0) is 5.41 Å². The molecule has 0 aliphatic heterocycles. The maximum atomic E-state index is 6.56. The average Bonchev–Trinajstić information content (AvgIpc) is 3.80. The minimum absolute atomic E-state index is 0.0906. The van der Waals surface area contributed by atoms with Crippen LogP contribution in [0.5, 0.6) is 0 Å². The Hall–Kier alpha value is -7.69. The van der Waals surface area contributed by atoms with Crippen LogP contribution in [0.15, 0.2) is 192 Å². The molecule has 4 nitrogen and oxygen atoms in total. The number of hydrogen-bond acceptors (Lipinski definition) is 4. The molecular weight excluding hydrogens is 731 g/mol. The van der Waals surface area contributed by atoms with E-state index in [1.165, 1.54) is 43.8 Å². The third-order valence-corrected chi connectivity index (χ3v) is 12.5. The van der Waals surface area contributed by atoms with Crippen molar-refractivity contribution in [3.63, 3.8) is 0 Å². The molecule has 0 N–H and O–H groups in total. The largest absolute Gasteiger partial charge is 0.456 e. The smallest absolute Gasteiger partial charge is 0.164 e. The summed E-state index contributed by atoms with van der Waals surface area (Å²) in [6, 6.07) is 66.7. The number of fused-ring (bicyclic) bond motifs is 9. The Morgan fingerprint density at radius 1 is 0.350 bits per heavy atom. The van der Waals surface area contributed by atoms with Crippen LogP contribution in [0.25, 0.3) is 111 Å². The maximum Gasteiger partial charge on any atom is 0.164 e. The quantitative estimate of drug-likeness (QED) is 0.164. The summed E-state index contributed by atoms with van der Waals surface area (Å²) in [5.74, 6) is 1.88. The minimum Gasteiger partial charge on any atom is -0.456 e. The van der Waals surface area contributed by atoms with Crippen molar-refractivity contribution in [2.24, 2.45) is 0 Å². The zero-order valence-electron chi connectivity index (χ0n) is 33.1. The number of benzene rings is 9. The van der Waals surface area contributed by atoms with Crippen molar-refractivity contribution in [1.29, 1.82) is 0 Å². The van der Waals surface area contributed by atoms with Crippen LogP contribution < -0.4 is 0 Å². The van der Waals surface area contributed by atoms with Gasteiger partial charge in [-0.25, -0.2) is 15.0 Å². The van der Waals surface area contributed by atoms with E-state index in [4.69, 9.17) is 19.4 Å². The third-order valence-electron chi connectivity index (χ3n) is 12.5. The molecule has 12 rings (SSSR count). The zero-order chi connectivity index (χ0) is 40.0. The van der Waals surface area contributed by atoms with Gasteiger partial charge in [0.05, 0.1) is 0 Å². The van der Waals surface area contributed by atoms with E-state index < -0.39 is 0 Å². The van der Waals surface area contributed by atoms with Crippen LogP contribution in [0, 0.1) is 0 Å². The molecule has 0 fully saturated rings. The Morgan fingerprint density at radius 2 is 0.983 bits per heavy atom. The second-order valence-electron chi connectivity index (χ2n) is 16.4. The molecule has 4 heteroatoms. The van der Waals surface area contributed by atoms with Crippen LogP contribution in [0.3, 0.4) is 0 Å². The summed E-state index contributed by atoms with van der Waals surface area (Å²) in [4.78, 5) is 15.6. The second kappa shape index (κ2) is 13.2. The maximum absolute atomic E-state index is 6.56. The predicted octanol–water partition coefficient (Wildman–Crippen LogP) is 14.7. The van der Waals surface area contributed by atoms with Crippen molar-refractivity contribution in [1.82, 2.24) is 15.0 Å². The van der Waals surface area contributed by atoms with E-state index in [2.05, 4.69) is 184 Å². The van der Waals surface area contributed by atoms with Crippen LogP contribution >= 0.6 is 0 Å². The molecule has 1 aliphatic rings. The molecule has 0 radical (unpaired) electrons. The highest BCUT2D eigenvalue weighted by molar-refractivity contribution is 6.15. The predicted molar refractivity (Wildman–Crippen MR) is 247 cm³/mol. The molecule has 2 aromatic heterocycles. The van der Waals surface area contributed by atoms with Crippen molar-refractivity contribution in [3.05, 3.63) is 199 Å². The lowest BCUT2D eigenvalue weighted by Crippen LogP contribution is -2.14. The SMILES string of the molecule is CC1(C)c2ccccc2-c2cc(-c3nc(-c4ccccc4)nc(-c4ccccc4-c4cccc5oc6ccc(-c7ccc8c(ccc9ccccc98)c7)cc6c45)n3)ccc21. The zero-order valence-corrected chi connectivity index (χ0v) is 33.1. The van der Waals surface area contributed by atoms with Crippen LogP contribution in [0.2, 0.25) is 0 Å². The molecule has 0 saturated heterocycles. The van der Waals surface area contributed by atoms with Gasteiger partial charge in [-0.2, -0.15) is 0 Å². The highest BCUT2D eigenvalue weighted by atomic mass is 16.3. The Kier molecular flexibility index (Phi) is 7.54. The molecule has 282 valence electrons. The second-order valence-corrected chi connectivity index (χ2v) is 16.4. The minimum atomic E-state index is -0.0906. The third kappa shape index (κ3) is 5.34. The number of hydrogen-bond donors (Lipinski definition) is 0. The van der Waals surface area contributed by atoms with Gasteiger partial charge in [0.1, 0.15) is 11.2 Å². The number of rotatable bonds is 5. The summed E-state index contributed by atoms with van der Waals surface area (Å²) in [7, 11) is 0. The average molecular weight is 768 g/mol. The van der Waals surface area contributed by atoms with Gasteiger partial charge in [-0.05, 0) is 96.4 Å². The summed E-state index contributed by atoms with van der Waals surface area (Å²) in [6.07, 6.45) is 0. The molecule has 9 aromatic carbocycles. The molecule has 0 bridgehead atoms. The fourth-order valence-electron chi connectivity index (χ4n) is 9.54. The van der Waals surface area contributed by atoms with E-state index in [0.717, 1.165) is 60.9 Å². The molecular formula is C56H37N3O. The summed E-state index contributed by atoms with van der Waals surface area (Å²) in [6.45, 7) is 4.61. The van der Waals surface area contributed by atoms with Crippen molar-refractivity contribution >= 4 is 43.5 Å². The Labute approximate surface area is 347 Å². The van der Waals surface area contributed by atoms with E-state index in [1.807, 2.05) is 18.2 Å². The number of furan rings is 1. The lowest BCUT2D eigenvalue weighted by Gasteiger charge is -2.21. The van der Waals surface area contributed by atoms with Crippen LogP contribution in [-0.4, -0.2) is 15.0 Å². The van der Waals surface area contributed by atoms with Crippen LogP contribution in [0.4, 0.5) is 0 Å². The normalized spacial score (nSPS) is 13.0. The van der Waals surface area contributed by atoms with Gasteiger partial charge in [0, 0.05) is 32.9 Å². The summed E-state index contributed by atoms with van der Waals surface area (Å²) >= 11 is 0. The van der Waals surface area contributed by atoms with Crippen molar-refractivity contribution in [2.75, 3.05) is 0 Å². The monoisotopic (exact) mass is 767 g/mol. The molecule has 2 heterocycles. The standard InChI is InChI=1S/C56H37N3O/c1-56(2)48-21-11-10-18-43(48)46-33-39(26-29-49(46)56)54-57-53(35-14-4-3-5-15-35)58-55(59-54)45-19-9-8-17-42(45)44-20-12-22-51-52(44)47-32-37(27-30-50(47)60-51)36-25-28-41-38(31-36)24-23-34-13-6-7-16-40(34)41/h3-33H,1-2H3. The molecule has 60 heavy (non-hydrogen) atoms. The Balaban J connectivity index is 1.02. The van der Waals surface area contributed by atoms with Gasteiger partial charge in [0.25, 0.3) is 0 Å². The molecule has 0 unspecified atom stereocenters. The van der Waals surface area contributed by atoms with Gasteiger partial charge in [-0.1, -0.05) is 172 Å². The molecule has 0 saturated carbocycles. The van der Waals surface area contributed by atoms with Gasteiger partial charge in [0.15, 0.2) is 17.5 Å². The van der Waals surface area contributed by atoms with E-state index in [-0.39, 0.29) is 5.41 Å². The summed E-state index contributed by atoms with van der Waals surface area (Å²) in [5.41, 5.74) is 13.9. The summed E-state index contributed by atoms with van der Waals surface area (Å²) in [5, 5.41) is 7.12. The number of nitrogens with zero attached hydrogens (tertiary/aromatic N) is 3. The molecule has 1 aliphatic carbocycles. The van der Waals surface area contributed by atoms with Gasteiger partial charge < -0.3 is 4.42 Å². The lowest BCUT2D eigenvalue weighted by atomic mass is 9.82. The van der Waals surface area contributed by atoms with Crippen LogP contribution in [0.1, 0.15) is 25.0 Å². The van der Waals surface area contributed by atoms with E-state index in [0.29, 0.717) is 17.5 Å². The molecule has 0 atom stereocenters. The number of aromatic nitrogens is 3. The fraction of sp³-hybridized carbons (Fsp3) is 0.0536. The lowest BCUT2D eigenvalue weighted by molar-refractivity contribution is 0.660. The molecule has 0 spiro atoms. The van der Waals surface area contributed by atoms with E-state index in [9.17, 15) is 0 Å². The molecule has 11 aromatic rings. The van der Waals surface area contributed by atoms with E-state index in [1.54, 1.807) is 0 Å². The summed E-state index contributed by atoms with van der Waals surface area (Å²) < 4.78 is 6.56. The first-order chi connectivity index (χ1) is 29.5. The van der Waals surface area contributed by atoms with Crippen molar-refractivity contribution < 1.29 is 4.42 Å². The van der Waals surface area contributed by atoms with Gasteiger partial charge in [-0.3, -0.25) is 0 Å². The first kappa shape index (κ1) is 34.4. The Morgan fingerprint density at radius 3 is 1.87 bits per heavy atom. The molecule has 0 amide bonds. The van der Waals surface area contributed by atoms with Gasteiger partial charge in [0.2, 0.25) is 0 Å². The van der Waals surface area contributed by atoms with Gasteiger partial charge in [-0.15, -0.1) is 0 Å². The highest BCUT2D eigenvalue weighted by Gasteiger charge is 2.35. The van der Waals surface area contributed by atoms with E-state index >= 15 is 0 Å². The first-order valence-corrected chi connectivity index (χ1v) is 20.5. The van der Waals surface area contributed by atoms with Crippen molar-refractivity contribution in [2.45, 2.75) is 19.3 Å². The van der Waals surface area contributed by atoms with Crippen molar-refractivity contribution in [3.8, 4) is 67.5 Å². The van der Waals surface area contributed by atoms with Gasteiger partial charge >= 0.3 is 0 Å². The Bertz CT molecular complexity index is 3530.